The molecule has 0 saturated carbocycles. The lowest BCUT2D eigenvalue weighted by atomic mass is 10.2. The Morgan fingerprint density at radius 1 is 1.00 bits per heavy atom. The highest BCUT2D eigenvalue weighted by Crippen LogP contribution is 2.15. The minimum Gasteiger partial charge on any atom is -0.339 e. The van der Waals surface area contributed by atoms with Gasteiger partial charge in [-0.25, -0.2) is 0 Å². The van der Waals surface area contributed by atoms with E-state index in [4.69, 9.17) is 4.52 Å². The first-order valence-corrected chi connectivity index (χ1v) is 9.81. The molecule has 0 radical (unpaired) electrons. The number of nitrogens with one attached hydrogen (secondary N) is 2. The second-order valence-corrected chi connectivity index (χ2v) is 6.80. The summed E-state index contributed by atoms with van der Waals surface area (Å²) in [7, 11) is 0. The molecule has 8 nitrogen and oxygen atoms in total. The van der Waals surface area contributed by atoms with Gasteiger partial charge in [0.2, 0.25) is 23.5 Å². The molecular formula is C22H25N5O3. The number of amides is 2. The lowest BCUT2D eigenvalue weighted by Gasteiger charge is -2.18. The number of carbonyl (C=O) groups excluding carboxylic acids is 2. The van der Waals surface area contributed by atoms with Crippen molar-refractivity contribution in [2.75, 3.05) is 30.3 Å². The van der Waals surface area contributed by atoms with E-state index in [1.807, 2.05) is 42.2 Å². The van der Waals surface area contributed by atoms with Gasteiger partial charge in [-0.1, -0.05) is 42.4 Å². The monoisotopic (exact) mass is 407 g/mol. The fourth-order valence-corrected chi connectivity index (χ4v) is 2.91. The first-order valence-electron chi connectivity index (χ1n) is 9.81. The first-order chi connectivity index (χ1) is 14.5. The summed E-state index contributed by atoms with van der Waals surface area (Å²) in [6.45, 7) is 5.05. The fraction of sp³-hybridized carbons (Fsp3) is 0.273. The Hall–Kier alpha value is -3.52. The molecule has 0 fully saturated rings. The highest BCUT2D eigenvalue weighted by molar-refractivity contribution is 5.93. The number of hydrogen-bond acceptors (Lipinski definition) is 6. The lowest BCUT2D eigenvalue weighted by Crippen LogP contribution is -2.34. The molecule has 0 aliphatic heterocycles. The number of likely N-dealkylation sites (N-methyl/N-ethyl adjacent to an activating group) is 1. The average Bonchev–Trinajstić information content (AvgIpc) is 3.22. The molecule has 0 unspecified atom stereocenters. The molecule has 0 bridgehead atoms. The van der Waals surface area contributed by atoms with Crippen LogP contribution in [-0.2, 0) is 16.0 Å². The van der Waals surface area contributed by atoms with Gasteiger partial charge in [-0.3, -0.25) is 14.5 Å². The number of hydrogen-bond donors (Lipinski definition) is 2. The van der Waals surface area contributed by atoms with Crippen molar-refractivity contribution >= 4 is 23.2 Å². The summed E-state index contributed by atoms with van der Waals surface area (Å²) in [6, 6.07) is 16.6. The Balaban J connectivity index is 1.48. The molecular weight excluding hydrogens is 382 g/mol. The lowest BCUT2D eigenvalue weighted by molar-refractivity contribution is -0.117. The molecule has 0 saturated heterocycles. The standard InChI is InChI=1S/C22H25N5O3/c1-3-27(14-13-21-25-22(26-30-21)17-7-5-4-6-8-17)15-20(29)24-19-11-9-18(10-12-19)23-16(2)28/h4-12H,3,13-15H2,1-2H3,(H,23,28)(H,24,29). The molecule has 3 rings (SSSR count). The zero-order valence-electron chi connectivity index (χ0n) is 17.1. The molecule has 0 atom stereocenters. The van der Waals surface area contributed by atoms with E-state index in [2.05, 4.69) is 20.8 Å². The van der Waals surface area contributed by atoms with Crippen molar-refractivity contribution in [3.63, 3.8) is 0 Å². The second-order valence-electron chi connectivity index (χ2n) is 6.80. The summed E-state index contributed by atoms with van der Waals surface area (Å²) in [5.41, 5.74) is 2.27. The molecule has 1 aromatic heterocycles. The van der Waals surface area contributed by atoms with Gasteiger partial charge >= 0.3 is 0 Å². The van der Waals surface area contributed by atoms with Crippen molar-refractivity contribution in [1.82, 2.24) is 15.0 Å². The Bertz CT molecular complexity index is 970. The van der Waals surface area contributed by atoms with Crippen LogP contribution < -0.4 is 10.6 Å². The van der Waals surface area contributed by atoms with Gasteiger partial charge in [0.25, 0.3) is 0 Å². The van der Waals surface area contributed by atoms with Crippen molar-refractivity contribution < 1.29 is 14.1 Å². The average molecular weight is 407 g/mol. The van der Waals surface area contributed by atoms with Gasteiger partial charge in [-0.05, 0) is 30.8 Å². The third-order valence-corrected chi connectivity index (χ3v) is 4.45. The van der Waals surface area contributed by atoms with Gasteiger partial charge in [0.15, 0.2) is 0 Å². The molecule has 2 aromatic carbocycles. The van der Waals surface area contributed by atoms with Gasteiger partial charge in [0.05, 0.1) is 6.54 Å². The fourth-order valence-electron chi connectivity index (χ4n) is 2.91. The quantitative estimate of drug-likeness (QED) is 0.565. The van der Waals surface area contributed by atoms with Crippen LogP contribution in [0.2, 0.25) is 0 Å². The van der Waals surface area contributed by atoms with Crippen LogP contribution in [0.5, 0.6) is 0 Å². The van der Waals surface area contributed by atoms with Crippen LogP contribution in [0.3, 0.4) is 0 Å². The third-order valence-electron chi connectivity index (χ3n) is 4.45. The summed E-state index contributed by atoms with van der Waals surface area (Å²) >= 11 is 0. The summed E-state index contributed by atoms with van der Waals surface area (Å²) in [6.07, 6.45) is 0.562. The Morgan fingerprint density at radius 2 is 1.67 bits per heavy atom. The number of aromatic nitrogens is 2. The van der Waals surface area contributed by atoms with E-state index >= 15 is 0 Å². The number of rotatable bonds is 9. The summed E-state index contributed by atoms with van der Waals surface area (Å²) in [4.78, 5) is 29.9. The summed E-state index contributed by atoms with van der Waals surface area (Å²) in [5, 5.41) is 9.58. The van der Waals surface area contributed by atoms with E-state index < -0.39 is 0 Å². The summed E-state index contributed by atoms with van der Waals surface area (Å²) < 4.78 is 5.33. The molecule has 30 heavy (non-hydrogen) atoms. The van der Waals surface area contributed by atoms with Gasteiger partial charge in [0, 0.05) is 36.8 Å². The Morgan fingerprint density at radius 3 is 2.30 bits per heavy atom. The highest BCUT2D eigenvalue weighted by atomic mass is 16.5. The Labute approximate surface area is 175 Å². The van der Waals surface area contributed by atoms with Crippen molar-refractivity contribution in [1.29, 1.82) is 0 Å². The predicted molar refractivity (Wildman–Crippen MR) is 115 cm³/mol. The molecule has 0 aliphatic carbocycles. The Kier molecular flexibility index (Phi) is 7.29. The van der Waals surface area contributed by atoms with Crippen molar-refractivity contribution in [3.8, 4) is 11.4 Å². The van der Waals surface area contributed by atoms with Crippen molar-refractivity contribution in [3.05, 3.63) is 60.5 Å². The van der Waals surface area contributed by atoms with Crippen LogP contribution in [0.1, 0.15) is 19.7 Å². The maximum atomic E-state index is 12.4. The van der Waals surface area contributed by atoms with Gasteiger partial charge in [0.1, 0.15) is 0 Å². The van der Waals surface area contributed by atoms with Crippen LogP contribution in [0.15, 0.2) is 59.1 Å². The van der Waals surface area contributed by atoms with E-state index in [-0.39, 0.29) is 18.4 Å². The minimum atomic E-state index is -0.137. The smallest absolute Gasteiger partial charge is 0.238 e. The molecule has 156 valence electrons. The van der Waals surface area contributed by atoms with Crippen LogP contribution >= 0.6 is 0 Å². The van der Waals surface area contributed by atoms with Gasteiger partial charge in [-0.2, -0.15) is 4.98 Å². The minimum absolute atomic E-state index is 0.111. The topological polar surface area (TPSA) is 100 Å². The van der Waals surface area contributed by atoms with E-state index in [0.717, 1.165) is 5.56 Å². The molecule has 0 spiro atoms. The van der Waals surface area contributed by atoms with Crippen molar-refractivity contribution in [2.24, 2.45) is 0 Å². The predicted octanol–water partition coefficient (Wildman–Crippen LogP) is 3.20. The van der Waals surface area contributed by atoms with E-state index in [0.29, 0.717) is 42.6 Å². The molecule has 3 aromatic rings. The molecule has 2 amide bonds. The largest absolute Gasteiger partial charge is 0.339 e. The number of carbonyl (C=O) groups is 2. The van der Waals surface area contributed by atoms with E-state index in [9.17, 15) is 9.59 Å². The zero-order valence-corrected chi connectivity index (χ0v) is 17.1. The maximum absolute atomic E-state index is 12.4. The molecule has 8 heteroatoms. The van der Waals surface area contributed by atoms with E-state index in [1.165, 1.54) is 6.92 Å². The second kappa shape index (κ2) is 10.3. The molecule has 1 heterocycles. The molecule has 2 N–H and O–H groups in total. The van der Waals surface area contributed by atoms with Crippen LogP contribution in [-0.4, -0.2) is 46.5 Å². The maximum Gasteiger partial charge on any atom is 0.238 e. The first kappa shape index (κ1) is 21.2. The number of benzene rings is 2. The van der Waals surface area contributed by atoms with Crippen LogP contribution in [0.4, 0.5) is 11.4 Å². The SMILES string of the molecule is CCN(CCc1nc(-c2ccccc2)no1)CC(=O)Nc1ccc(NC(C)=O)cc1. The number of nitrogens with zero attached hydrogens (tertiary/aromatic N) is 3. The summed E-state index contributed by atoms with van der Waals surface area (Å²) in [5.74, 6) is 0.859. The molecule has 0 aliphatic rings. The number of anilines is 2. The van der Waals surface area contributed by atoms with Crippen LogP contribution in [0, 0.1) is 0 Å². The highest BCUT2D eigenvalue weighted by Gasteiger charge is 2.13. The van der Waals surface area contributed by atoms with Crippen LogP contribution in [0.25, 0.3) is 11.4 Å². The zero-order chi connectivity index (χ0) is 21.3. The van der Waals surface area contributed by atoms with E-state index in [1.54, 1.807) is 24.3 Å². The normalized spacial score (nSPS) is 10.8. The van der Waals surface area contributed by atoms with Gasteiger partial charge in [-0.15, -0.1) is 0 Å². The third kappa shape index (κ3) is 6.25. The van der Waals surface area contributed by atoms with Crippen molar-refractivity contribution in [2.45, 2.75) is 20.3 Å². The van der Waals surface area contributed by atoms with Gasteiger partial charge < -0.3 is 15.2 Å².